The zero-order valence-electron chi connectivity index (χ0n) is 13.0. The fourth-order valence-corrected chi connectivity index (χ4v) is 3.07. The Morgan fingerprint density at radius 3 is 2.70 bits per heavy atom. The van der Waals surface area contributed by atoms with E-state index in [0.717, 1.165) is 17.8 Å². The molecule has 0 radical (unpaired) electrons. The van der Waals surface area contributed by atoms with Crippen molar-refractivity contribution in [1.29, 1.82) is 0 Å². The average molecular weight is 278 g/mol. The van der Waals surface area contributed by atoms with E-state index in [9.17, 15) is 4.79 Å². The van der Waals surface area contributed by atoms with E-state index in [2.05, 4.69) is 22.7 Å². The largest absolute Gasteiger partial charge is 0.338 e. The molecule has 0 spiro atoms. The van der Waals surface area contributed by atoms with Gasteiger partial charge in [-0.3, -0.25) is 4.68 Å². The van der Waals surface area contributed by atoms with E-state index in [0.29, 0.717) is 0 Å². The number of nitrogens with zero attached hydrogens (tertiary/aromatic N) is 2. The SMILES string of the molecule is Cc1nn(C)cc1C(C)NC(=O)NCC1(C)CCCC1. The van der Waals surface area contributed by atoms with E-state index < -0.39 is 0 Å². The number of carbonyl (C=O) groups is 1. The maximum atomic E-state index is 12.0. The van der Waals surface area contributed by atoms with Gasteiger partial charge in [-0.15, -0.1) is 0 Å². The molecule has 5 nitrogen and oxygen atoms in total. The van der Waals surface area contributed by atoms with Crippen LogP contribution in [0.5, 0.6) is 0 Å². The van der Waals surface area contributed by atoms with Gasteiger partial charge in [0.05, 0.1) is 11.7 Å². The molecule has 112 valence electrons. The first-order chi connectivity index (χ1) is 9.39. The molecule has 1 atom stereocenters. The fraction of sp³-hybridized carbons (Fsp3) is 0.733. The standard InChI is InChI=1S/C15H26N4O/c1-11(13-9-19(4)18-12(13)2)17-14(20)16-10-15(3)7-5-6-8-15/h9,11H,5-8,10H2,1-4H3,(H2,16,17,20). The quantitative estimate of drug-likeness (QED) is 0.889. The molecule has 0 saturated heterocycles. The van der Waals surface area contributed by atoms with Gasteiger partial charge in [-0.05, 0) is 32.1 Å². The Morgan fingerprint density at radius 1 is 1.50 bits per heavy atom. The summed E-state index contributed by atoms with van der Waals surface area (Å²) in [4.78, 5) is 12.0. The van der Waals surface area contributed by atoms with Crippen molar-refractivity contribution >= 4 is 6.03 Å². The van der Waals surface area contributed by atoms with Crippen LogP contribution in [0.15, 0.2) is 6.20 Å². The third-order valence-electron chi connectivity index (χ3n) is 4.35. The molecule has 1 aliphatic carbocycles. The zero-order chi connectivity index (χ0) is 14.8. The minimum Gasteiger partial charge on any atom is -0.338 e. The smallest absolute Gasteiger partial charge is 0.315 e. The summed E-state index contributed by atoms with van der Waals surface area (Å²) in [6, 6.07) is -0.117. The molecule has 2 N–H and O–H groups in total. The highest BCUT2D eigenvalue weighted by molar-refractivity contribution is 5.74. The van der Waals surface area contributed by atoms with Gasteiger partial charge in [-0.1, -0.05) is 19.8 Å². The molecule has 20 heavy (non-hydrogen) atoms. The number of hydrogen-bond acceptors (Lipinski definition) is 2. The lowest BCUT2D eigenvalue weighted by molar-refractivity contribution is 0.229. The van der Waals surface area contributed by atoms with Gasteiger partial charge in [0.1, 0.15) is 0 Å². The Bertz CT molecular complexity index is 474. The van der Waals surface area contributed by atoms with Crippen molar-refractivity contribution in [3.8, 4) is 0 Å². The van der Waals surface area contributed by atoms with Gasteiger partial charge < -0.3 is 10.6 Å². The minimum atomic E-state index is -0.0890. The lowest BCUT2D eigenvalue weighted by atomic mass is 9.89. The van der Waals surface area contributed by atoms with Gasteiger partial charge in [0.15, 0.2) is 0 Å². The van der Waals surface area contributed by atoms with Crippen molar-refractivity contribution in [2.45, 2.75) is 52.5 Å². The second kappa shape index (κ2) is 5.85. The lowest BCUT2D eigenvalue weighted by Gasteiger charge is -2.24. The summed E-state index contributed by atoms with van der Waals surface area (Å²) in [6.07, 6.45) is 6.95. The number of carbonyl (C=O) groups excluding carboxylic acids is 1. The van der Waals surface area contributed by atoms with Crippen LogP contribution in [-0.2, 0) is 7.05 Å². The van der Waals surface area contributed by atoms with E-state index in [1.807, 2.05) is 27.1 Å². The number of aromatic nitrogens is 2. The van der Waals surface area contributed by atoms with E-state index in [1.165, 1.54) is 25.7 Å². The molecular weight excluding hydrogens is 252 g/mol. The second-order valence-electron chi connectivity index (χ2n) is 6.41. The molecule has 2 rings (SSSR count). The number of urea groups is 1. The van der Waals surface area contributed by atoms with Gasteiger partial charge in [0.2, 0.25) is 0 Å². The van der Waals surface area contributed by atoms with Gasteiger partial charge in [0.25, 0.3) is 0 Å². The Morgan fingerprint density at radius 2 is 2.15 bits per heavy atom. The number of hydrogen-bond donors (Lipinski definition) is 2. The number of rotatable bonds is 4. The van der Waals surface area contributed by atoms with Crippen LogP contribution < -0.4 is 10.6 Å². The Labute approximate surface area is 121 Å². The first-order valence-electron chi connectivity index (χ1n) is 7.44. The number of nitrogens with one attached hydrogen (secondary N) is 2. The minimum absolute atomic E-state index is 0.0277. The second-order valence-corrected chi connectivity index (χ2v) is 6.41. The van der Waals surface area contributed by atoms with Crippen LogP contribution in [0.2, 0.25) is 0 Å². The topological polar surface area (TPSA) is 59.0 Å². The number of amides is 2. The van der Waals surface area contributed by atoms with Crippen LogP contribution in [0, 0.1) is 12.3 Å². The monoisotopic (exact) mass is 278 g/mol. The van der Waals surface area contributed by atoms with Gasteiger partial charge in [-0.25, -0.2) is 4.79 Å². The maximum Gasteiger partial charge on any atom is 0.315 e. The van der Waals surface area contributed by atoms with Crippen LogP contribution in [0.3, 0.4) is 0 Å². The Balaban J connectivity index is 1.83. The summed E-state index contributed by atoms with van der Waals surface area (Å²) in [7, 11) is 1.89. The van der Waals surface area contributed by atoms with Gasteiger partial charge >= 0.3 is 6.03 Å². The Hall–Kier alpha value is -1.52. The highest BCUT2D eigenvalue weighted by atomic mass is 16.2. The van der Waals surface area contributed by atoms with Crippen LogP contribution in [0.4, 0.5) is 4.79 Å². The molecule has 1 aromatic heterocycles. The molecule has 1 saturated carbocycles. The predicted molar refractivity (Wildman–Crippen MR) is 79.5 cm³/mol. The third-order valence-corrected chi connectivity index (χ3v) is 4.35. The van der Waals surface area contributed by atoms with Crippen molar-refractivity contribution in [1.82, 2.24) is 20.4 Å². The summed E-state index contributed by atoms with van der Waals surface area (Å²) >= 11 is 0. The lowest BCUT2D eigenvalue weighted by Crippen LogP contribution is -2.41. The molecule has 5 heteroatoms. The van der Waals surface area contributed by atoms with Gasteiger partial charge in [-0.2, -0.15) is 5.10 Å². The molecule has 1 unspecified atom stereocenters. The van der Waals surface area contributed by atoms with E-state index in [1.54, 1.807) is 4.68 Å². The zero-order valence-corrected chi connectivity index (χ0v) is 13.0. The Kier molecular flexibility index (Phi) is 4.35. The molecule has 2 amide bonds. The molecule has 1 heterocycles. The van der Waals surface area contributed by atoms with Crippen molar-refractivity contribution < 1.29 is 4.79 Å². The predicted octanol–water partition coefficient (Wildman–Crippen LogP) is 2.67. The summed E-state index contributed by atoms with van der Waals surface area (Å²) < 4.78 is 1.78. The molecule has 1 aromatic rings. The summed E-state index contributed by atoms with van der Waals surface area (Å²) in [5.74, 6) is 0. The molecule has 1 fully saturated rings. The highest BCUT2D eigenvalue weighted by Crippen LogP contribution is 2.36. The molecule has 0 aromatic carbocycles. The van der Waals surface area contributed by atoms with Crippen molar-refractivity contribution in [2.75, 3.05) is 6.54 Å². The van der Waals surface area contributed by atoms with Crippen LogP contribution in [0.25, 0.3) is 0 Å². The van der Waals surface area contributed by atoms with E-state index >= 15 is 0 Å². The van der Waals surface area contributed by atoms with E-state index in [4.69, 9.17) is 0 Å². The summed E-state index contributed by atoms with van der Waals surface area (Å²) in [6.45, 7) is 6.97. The normalized spacial score (nSPS) is 18.8. The third kappa shape index (κ3) is 3.52. The van der Waals surface area contributed by atoms with Gasteiger partial charge in [0, 0.05) is 25.4 Å². The summed E-state index contributed by atoms with van der Waals surface area (Å²) in [5, 5.41) is 10.3. The van der Waals surface area contributed by atoms with Crippen LogP contribution in [-0.4, -0.2) is 22.4 Å². The highest BCUT2D eigenvalue weighted by Gasteiger charge is 2.29. The van der Waals surface area contributed by atoms with E-state index in [-0.39, 0.29) is 17.5 Å². The van der Waals surface area contributed by atoms with Crippen molar-refractivity contribution in [3.05, 3.63) is 17.5 Å². The maximum absolute atomic E-state index is 12.0. The first kappa shape index (κ1) is 14.9. The average Bonchev–Trinajstić information content (AvgIpc) is 2.94. The van der Waals surface area contributed by atoms with Crippen molar-refractivity contribution in [2.24, 2.45) is 12.5 Å². The first-order valence-corrected chi connectivity index (χ1v) is 7.44. The van der Waals surface area contributed by atoms with Crippen molar-refractivity contribution in [3.63, 3.8) is 0 Å². The molecule has 0 bridgehead atoms. The van der Waals surface area contributed by atoms with Crippen LogP contribution >= 0.6 is 0 Å². The van der Waals surface area contributed by atoms with Crippen LogP contribution in [0.1, 0.15) is 56.8 Å². The summed E-state index contributed by atoms with van der Waals surface area (Å²) in [5.41, 5.74) is 2.31. The molecule has 1 aliphatic rings. The fourth-order valence-electron chi connectivity index (χ4n) is 3.07. The number of aryl methyl sites for hydroxylation is 2. The molecule has 0 aliphatic heterocycles. The molecular formula is C15H26N4O.